The van der Waals surface area contributed by atoms with Crippen LogP contribution in [0.5, 0.6) is 5.75 Å². The van der Waals surface area contributed by atoms with Gasteiger partial charge in [0.2, 0.25) is 5.89 Å². The summed E-state index contributed by atoms with van der Waals surface area (Å²) < 4.78 is 10.6. The van der Waals surface area contributed by atoms with Gasteiger partial charge in [-0.15, -0.1) is 0 Å². The molecule has 1 aliphatic heterocycles. The fraction of sp³-hybridized carbons (Fsp3) is 0.471. The minimum absolute atomic E-state index is 0.0178. The van der Waals surface area contributed by atoms with Gasteiger partial charge in [-0.3, -0.25) is 4.79 Å². The molecule has 1 amide bonds. The van der Waals surface area contributed by atoms with Gasteiger partial charge in [-0.2, -0.15) is 4.98 Å². The van der Waals surface area contributed by atoms with E-state index >= 15 is 0 Å². The van der Waals surface area contributed by atoms with Crippen molar-refractivity contribution in [1.82, 2.24) is 15.0 Å². The van der Waals surface area contributed by atoms with Crippen LogP contribution < -0.4 is 4.74 Å². The molecule has 3 rings (SSSR count). The van der Waals surface area contributed by atoms with Crippen molar-refractivity contribution in [1.29, 1.82) is 0 Å². The predicted octanol–water partition coefficient (Wildman–Crippen LogP) is 2.71. The molecule has 2 heterocycles. The van der Waals surface area contributed by atoms with Crippen LogP contribution in [0.4, 0.5) is 0 Å². The molecule has 1 atom stereocenters. The number of carbonyl (C=O) groups is 1. The van der Waals surface area contributed by atoms with Crippen LogP contribution in [0.2, 0.25) is 0 Å². The molecule has 6 heteroatoms. The summed E-state index contributed by atoms with van der Waals surface area (Å²) in [4.78, 5) is 18.9. The topological polar surface area (TPSA) is 68.5 Å². The van der Waals surface area contributed by atoms with Crippen molar-refractivity contribution >= 4 is 5.91 Å². The highest BCUT2D eigenvalue weighted by Crippen LogP contribution is 2.27. The Kier molecular flexibility index (Phi) is 4.32. The summed E-state index contributed by atoms with van der Waals surface area (Å²) in [6, 6.07) is 5.56. The third kappa shape index (κ3) is 3.21. The van der Waals surface area contributed by atoms with E-state index in [1.54, 1.807) is 20.1 Å². The molecule has 0 spiro atoms. The van der Waals surface area contributed by atoms with Gasteiger partial charge < -0.3 is 14.2 Å². The van der Waals surface area contributed by atoms with E-state index in [1.165, 1.54) is 0 Å². The van der Waals surface area contributed by atoms with E-state index in [4.69, 9.17) is 9.26 Å². The normalized spacial score (nSPS) is 18.0. The van der Waals surface area contributed by atoms with Crippen LogP contribution in [0.3, 0.4) is 0 Å². The maximum atomic E-state index is 12.8. The second-order valence-electron chi connectivity index (χ2n) is 5.95. The second-order valence-corrected chi connectivity index (χ2v) is 5.95. The number of carbonyl (C=O) groups excluding carboxylic acids is 1. The standard InChI is InChI=1S/C17H21N3O3/c1-11-6-7-13(9-15(11)22-3)17(21)20-8-4-5-14(10-20)16-18-12(2)19-23-16/h6-7,9,14H,4-5,8,10H2,1-3H3. The lowest BCUT2D eigenvalue weighted by Crippen LogP contribution is -2.39. The number of nitrogens with zero attached hydrogens (tertiary/aromatic N) is 3. The number of likely N-dealkylation sites (tertiary alicyclic amines) is 1. The number of hydrogen-bond donors (Lipinski definition) is 0. The van der Waals surface area contributed by atoms with Gasteiger partial charge in [-0.25, -0.2) is 0 Å². The minimum Gasteiger partial charge on any atom is -0.496 e. The third-order valence-electron chi connectivity index (χ3n) is 4.26. The Morgan fingerprint density at radius 2 is 2.22 bits per heavy atom. The van der Waals surface area contributed by atoms with Crippen LogP contribution in [0.15, 0.2) is 22.7 Å². The molecule has 122 valence electrons. The molecule has 1 fully saturated rings. The Balaban J connectivity index is 1.76. The average Bonchev–Trinajstić information content (AvgIpc) is 3.01. The van der Waals surface area contributed by atoms with E-state index in [2.05, 4.69) is 10.1 Å². The Morgan fingerprint density at radius 3 is 2.91 bits per heavy atom. The first-order valence-electron chi connectivity index (χ1n) is 7.82. The van der Waals surface area contributed by atoms with E-state index in [9.17, 15) is 4.79 Å². The molecule has 0 radical (unpaired) electrons. The van der Waals surface area contributed by atoms with Crippen molar-refractivity contribution in [2.45, 2.75) is 32.6 Å². The summed E-state index contributed by atoms with van der Waals surface area (Å²) in [5.41, 5.74) is 1.66. The van der Waals surface area contributed by atoms with Crippen molar-refractivity contribution in [2.24, 2.45) is 0 Å². The summed E-state index contributed by atoms with van der Waals surface area (Å²) in [6.45, 7) is 5.12. The van der Waals surface area contributed by atoms with Crippen LogP contribution >= 0.6 is 0 Å². The van der Waals surface area contributed by atoms with Crippen LogP contribution in [0, 0.1) is 13.8 Å². The van der Waals surface area contributed by atoms with E-state index < -0.39 is 0 Å². The fourth-order valence-corrected chi connectivity index (χ4v) is 2.98. The molecule has 1 aromatic carbocycles. The smallest absolute Gasteiger partial charge is 0.254 e. The monoisotopic (exact) mass is 315 g/mol. The van der Waals surface area contributed by atoms with Crippen LogP contribution in [0.1, 0.15) is 46.4 Å². The molecule has 23 heavy (non-hydrogen) atoms. The summed E-state index contributed by atoms with van der Waals surface area (Å²) in [6.07, 6.45) is 1.89. The van der Waals surface area contributed by atoms with Gasteiger partial charge in [-0.1, -0.05) is 11.2 Å². The van der Waals surface area contributed by atoms with E-state index in [-0.39, 0.29) is 11.8 Å². The summed E-state index contributed by atoms with van der Waals surface area (Å²) >= 11 is 0. The molecule has 2 aromatic rings. The van der Waals surface area contributed by atoms with Crippen LogP contribution in [0.25, 0.3) is 0 Å². The van der Waals surface area contributed by atoms with Crippen LogP contribution in [-0.2, 0) is 0 Å². The first-order valence-corrected chi connectivity index (χ1v) is 7.82. The average molecular weight is 315 g/mol. The quantitative estimate of drug-likeness (QED) is 0.871. The second kappa shape index (κ2) is 6.40. The van der Waals surface area contributed by atoms with Crippen molar-refractivity contribution < 1.29 is 14.1 Å². The Morgan fingerprint density at radius 1 is 1.39 bits per heavy atom. The van der Waals surface area contributed by atoms with Gasteiger partial charge >= 0.3 is 0 Å². The fourth-order valence-electron chi connectivity index (χ4n) is 2.98. The maximum Gasteiger partial charge on any atom is 0.254 e. The molecule has 0 saturated carbocycles. The molecular formula is C17H21N3O3. The predicted molar refractivity (Wildman–Crippen MR) is 84.6 cm³/mol. The number of aryl methyl sites for hydroxylation is 2. The van der Waals surface area contributed by atoms with E-state index in [1.807, 2.05) is 24.0 Å². The third-order valence-corrected chi connectivity index (χ3v) is 4.26. The van der Waals surface area contributed by atoms with Gasteiger partial charge in [0.05, 0.1) is 13.0 Å². The van der Waals surface area contributed by atoms with Gasteiger partial charge in [0, 0.05) is 18.7 Å². The Labute approximate surface area is 135 Å². The van der Waals surface area contributed by atoms with E-state index in [0.29, 0.717) is 23.8 Å². The Hall–Kier alpha value is -2.37. The number of piperidine rings is 1. The van der Waals surface area contributed by atoms with Crippen molar-refractivity contribution in [3.63, 3.8) is 0 Å². The number of aromatic nitrogens is 2. The molecule has 0 aliphatic carbocycles. The first kappa shape index (κ1) is 15.5. The number of amides is 1. The SMILES string of the molecule is COc1cc(C(=O)N2CCCC(c3nc(C)no3)C2)ccc1C. The zero-order valence-electron chi connectivity index (χ0n) is 13.7. The lowest BCUT2D eigenvalue weighted by atomic mass is 9.97. The highest BCUT2D eigenvalue weighted by atomic mass is 16.5. The molecule has 1 aliphatic rings. The number of methoxy groups -OCH3 is 1. The van der Waals surface area contributed by atoms with Crippen molar-refractivity contribution in [3.8, 4) is 5.75 Å². The van der Waals surface area contributed by atoms with Crippen molar-refractivity contribution in [3.05, 3.63) is 41.0 Å². The van der Waals surface area contributed by atoms with Crippen LogP contribution in [-0.4, -0.2) is 41.1 Å². The molecule has 0 bridgehead atoms. The number of ether oxygens (including phenoxy) is 1. The zero-order valence-corrected chi connectivity index (χ0v) is 13.7. The number of benzene rings is 1. The number of hydrogen-bond acceptors (Lipinski definition) is 5. The molecule has 1 saturated heterocycles. The largest absolute Gasteiger partial charge is 0.496 e. The molecule has 6 nitrogen and oxygen atoms in total. The molecule has 0 N–H and O–H groups in total. The summed E-state index contributed by atoms with van der Waals surface area (Å²) in [5.74, 6) is 2.12. The molecule has 1 unspecified atom stereocenters. The first-order chi connectivity index (χ1) is 11.1. The Bertz CT molecular complexity index is 711. The molecular weight excluding hydrogens is 294 g/mol. The van der Waals surface area contributed by atoms with Gasteiger partial charge in [0.15, 0.2) is 5.82 Å². The van der Waals surface area contributed by atoms with Crippen molar-refractivity contribution in [2.75, 3.05) is 20.2 Å². The van der Waals surface area contributed by atoms with Gasteiger partial charge in [0.1, 0.15) is 5.75 Å². The van der Waals surface area contributed by atoms with Gasteiger partial charge in [0.25, 0.3) is 5.91 Å². The summed E-state index contributed by atoms with van der Waals surface area (Å²) in [7, 11) is 1.62. The molecule has 1 aromatic heterocycles. The highest BCUT2D eigenvalue weighted by molar-refractivity contribution is 5.94. The zero-order chi connectivity index (χ0) is 16.4. The number of rotatable bonds is 3. The maximum absolute atomic E-state index is 12.8. The highest BCUT2D eigenvalue weighted by Gasteiger charge is 2.29. The van der Waals surface area contributed by atoms with E-state index in [0.717, 1.165) is 30.7 Å². The lowest BCUT2D eigenvalue weighted by molar-refractivity contribution is 0.0695. The van der Waals surface area contributed by atoms with Gasteiger partial charge in [-0.05, 0) is 44.4 Å². The lowest BCUT2D eigenvalue weighted by Gasteiger charge is -2.31. The minimum atomic E-state index is 0.0178. The summed E-state index contributed by atoms with van der Waals surface area (Å²) in [5, 5.41) is 3.85.